The van der Waals surface area contributed by atoms with Crippen LogP contribution in [0.3, 0.4) is 0 Å². The molecule has 0 aliphatic carbocycles. The van der Waals surface area contributed by atoms with Gasteiger partial charge >= 0.3 is 0 Å². The molecule has 0 saturated carbocycles. The minimum atomic E-state index is -0.193. The van der Waals surface area contributed by atoms with Crippen LogP contribution in [-0.4, -0.2) is 37.5 Å². The van der Waals surface area contributed by atoms with Crippen LogP contribution in [0.2, 0.25) is 0 Å². The van der Waals surface area contributed by atoms with Crippen LogP contribution < -0.4 is 16.0 Å². The summed E-state index contributed by atoms with van der Waals surface area (Å²) in [7, 11) is 0. The predicted molar refractivity (Wildman–Crippen MR) is 64.5 cm³/mol. The van der Waals surface area contributed by atoms with Gasteiger partial charge in [-0.15, -0.1) is 19.0 Å². The van der Waals surface area contributed by atoms with Crippen LogP contribution in [0, 0.1) is 0 Å². The molecule has 0 aromatic heterocycles. The largest absolute Gasteiger partial charge is 0.351 e. The Kier molecular flexibility index (Phi) is 7.58. The van der Waals surface area contributed by atoms with Crippen molar-refractivity contribution in [2.24, 2.45) is 0 Å². The van der Waals surface area contributed by atoms with Crippen molar-refractivity contribution in [2.75, 3.05) is 19.6 Å². The first-order chi connectivity index (χ1) is 7.24. The van der Waals surface area contributed by atoms with Gasteiger partial charge in [0.2, 0.25) is 11.8 Å². The molecule has 1 saturated heterocycles. The molecule has 92 valence electrons. The number of amides is 2. The number of rotatable bonds is 5. The molecule has 6 heteroatoms. The van der Waals surface area contributed by atoms with E-state index in [1.807, 2.05) is 0 Å². The molecular weight excluding hydrogens is 230 g/mol. The first-order valence-electron chi connectivity index (χ1n) is 5.12. The molecular formula is C10H18ClN3O2. The topological polar surface area (TPSA) is 70.2 Å². The zero-order chi connectivity index (χ0) is 11.1. The second-order valence-corrected chi connectivity index (χ2v) is 3.46. The second-order valence-electron chi connectivity index (χ2n) is 3.46. The van der Waals surface area contributed by atoms with E-state index in [2.05, 4.69) is 22.5 Å². The van der Waals surface area contributed by atoms with Crippen molar-refractivity contribution < 1.29 is 9.59 Å². The lowest BCUT2D eigenvalue weighted by atomic mass is 10.2. The highest BCUT2D eigenvalue weighted by Gasteiger charge is 2.21. The van der Waals surface area contributed by atoms with Crippen molar-refractivity contribution in [3.05, 3.63) is 12.7 Å². The van der Waals surface area contributed by atoms with E-state index in [9.17, 15) is 9.59 Å². The molecule has 0 radical (unpaired) electrons. The second kappa shape index (κ2) is 8.13. The monoisotopic (exact) mass is 247 g/mol. The molecule has 1 fully saturated rings. The van der Waals surface area contributed by atoms with Gasteiger partial charge in [0.1, 0.15) is 0 Å². The average molecular weight is 248 g/mol. The third-order valence-electron chi connectivity index (χ3n) is 2.24. The van der Waals surface area contributed by atoms with E-state index in [1.165, 1.54) is 0 Å². The molecule has 0 bridgehead atoms. The number of hydrogen-bond donors (Lipinski definition) is 3. The van der Waals surface area contributed by atoms with Crippen LogP contribution in [0.15, 0.2) is 12.7 Å². The molecule has 1 atom stereocenters. The smallest absolute Gasteiger partial charge is 0.239 e. The number of hydrogen-bond acceptors (Lipinski definition) is 3. The maximum absolute atomic E-state index is 11.4. The van der Waals surface area contributed by atoms with Crippen LogP contribution in [0.25, 0.3) is 0 Å². The zero-order valence-electron chi connectivity index (χ0n) is 9.12. The van der Waals surface area contributed by atoms with Gasteiger partial charge in [-0.1, -0.05) is 6.08 Å². The van der Waals surface area contributed by atoms with Crippen LogP contribution in [-0.2, 0) is 9.59 Å². The molecule has 3 N–H and O–H groups in total. The Morgan fingerprint density at radius 1 is 1.44 bits per heavy atom. The van der Waals surface area contributed by atoms with Crippen LogP contribution in [0.4, 0.5) is 0 Å². The fourth-order valence-electron chi connectivity index (χ4n) is 1.45. The minimum absolute atomic E-state index is 0. The SMILES string of the molecule is C=CCNC(=O)CNC(=O)C1CCCN1.Cl. The first-order valence-corrected chi connectivity index (χ1v) is 5.12. The first kappa shape index (κ1) is 14.9. The van der Waals surface area contributed by atoms with Crippen molar-refractivity contribution in [2.45, 2.75) is 18.9 Å². The Hall–Kier alpha value is -1.07. The lowest BCUT2D eigenvalue weighted by molar-refractivity contribution is -0.127. The molecule has 1 aliphatic heterocycles. The lowest BCUT2D eigenvalue weighted by Gasteiger charge is -2.10. The molecule has 5 nitrogen and oxygen atoms in total. The van der Waals surface area contributed by atoms with Gasteiger partial charge in [-0.2, -0.15) is 0 Å². The molecule has 16 heavy (non-hydrogen) atoms. The fourth-order valence-corrected chi connectivity index (χ4v) is 1.45. The van der Waals surface area contributed by atoms with Gasteiger partial charge < -0.3 is 16.0 Å². The zero-order valence-corrected chi connectivity index (χ0v) is 9.94. The lowest BCUT2D eigenvalue weighted by Crippen LogP contribution is -2.44. The Morgan fingerprint density at radius 3 is 2.75 bits per heavy atom. The number of carbonyl (C=O) groups is 2. The fraction of sp³-hybridized carbons (Fsp3) is 0.600. The summed E-state index contributed by atoms with van der Waals surface area (Å²) in [5.41, 5.74) is 0. The summed E-state index contributed by atoms with van der Waals surface area (Å²) >= 11 is 0. The molecule has 1 heterocycles. The molecule has 0 spiro atoms. The van der Waals surface area contributed by atoms with E-state index in [0.717, 1.165) is 19.4 Å². The minimum Gasteiger partial charge on any atom is -0.351 e. The standard InChI is InChI=1S/C10H17N3O2.ClH/c1-2-5-12-9(14)7-13-10(15)8-4-3-6-11-8;/h2,8,11H,1,3-7H2,(H,12,14)(H,13,15);1H. The highest BCUT2D eigenvalue weighted by Crippen LogP contribution is 2.03. The van der Waals surface area contributed by atoms with E-state index in [-0.39, 0.29) is 36.8 Å². The molecule has 1 rings (SSSR count). The van der Waals surface area contributed by atoms with Gasteiger partial charge in [0, 0.05) is 6.54 Å². The Labute approximate surface area is 101 Å². The Balaban J connectivity index is 0.00000225. The van der Waals surface area contributed by atoms with Gasteiger partial charge in [-0.3, -0.25) is 9.59 Å². The van der Waals surface area contributed by atoms with Gasteiger partial charge in [0.05, 0.1) is 12.6 Å². The third-order valence-corrected chi connectivity index (χ3v) is 2.24. The van der Waals surface area contributed by atoms with Crippen molar-refractivity contribution in [3.8, 4) is 0 Å². The maximum Gasteiger partial charge on any atom is 0.239 e. The summed E-state index contributed by atoms with van der Waals surface area (Å²) in [6.45, 7) is 4.81. The van der Waals surface area contributed by atoms with Gasteiger partial charge in [-0.25, -0.2) is 0 Å². The Morgan fingerprint density at radius 2 is 2.19 bits per heavy atom. The van der Waals surface area contributed by atoms with Gasteiger partial charge in [0.25, 0.3) is 0 Å². The van der Waals surface area contributed by atoms with E-state index in [4.69, 9.17) is 0 Å². The summed E-state index contributed by atoms with van der Waals surface area (Å²) in [6, 6.07) is -0.128. The van der Waals surface area contributed by atoms with Crippen molar-refractivity contribution in [3.63, 3.8) is 0 Å². The van der Waals surface area contributed by atoms with Gasteiger partial charge in [-0.05, 0) is 19.4 Å². The summed E-state index contributed by atoms with van der Waals surface area (Å²) in [4.78, 5) is 22.6. The normalized spacial score (nSPS) is 18.4. The van der Waals surface area contributed by atoms with Crippen LogP contribution in [0.5, 0.6) is 0 Å². The number of carbonyl (C=O) groups excluding carboxylic acids is 2. The van der Waals surface area contributed by atoms with E-state index < -0.39 is 0 Å². The van der Waals surface area contributed by atoms with Crippen molar-refractivity contribution in [1.82, 2.24) is 16.0 Å². The maximum atomic E-state index is 11.4. The molecule has 0 aromatic carbocycles. The summed E-state index contributed by atoms with van der Waals surface area (Å²) in [5.74, 6) is -0.289. The number of nitrogens with one attached hydrogen (secondary N) is 3. The van der Waals surface area contributed by atoms with Crippen molar-refractivity contribution in [1.29, 1.82) is 0 Å². The third kappa shape index (κ3) is 5.14. The van der Waals surface area contributed by atoms with E-state index >= 15 is 0 Å². The van der Waals surface area contributed by atoms with Crippen LogP contribution >= 0.6 is 12.4 Å². The molecule has 1 aliphatic rings. The highest BCUT2D eigenvalue weighted by molar-refractivity contribution is 5.87. The Bertz CT molecular complexity index is 252. The predicted octanol–water partition coefficient (Wildman–Crippen LogP) is -0.421. The molecule has 2 amide bonds. The summed E-state index contributed by atoms with van der Waals surface area (Å²) in [5, 5.41) is 8.23. The molecule has 1 unspecified atom stereocenters. The average Bonchev–Trinajstić information content (AvgIpc) is 2.76. The van der Waals surface area contributed by atoms with Crippen LogP contribution in [0.1, 0.15) is 12.8 Å². The highest BCUT2D eigenvalue weighted by atomic mass is 35.5. The number of halogens is 1. The quantitative estimate of drug-likeness (QED) is 0.578. The molecule has 0 aromatic rings. The summed E-state index contributed by atoms with van der Waals surface area (Å²) < 4.78 is 0. The van der Waals surface area contributed by atoms with Crippen molar-refractivity contribution >= 4 is 24.2 Å². The van der Waals surface area contributed by atoms with Gasteiger partial charge in [0.15, 0.2) is 0 Å². The van der Waals surface area contributed by atoms with E-state index in [1.54, 1.807) is 6.08 Å². The summed E-state index contributed by atoms with van der Waals surface area (Å²) in [6.07, 6.45) is 3.46. The van der Waals surface area contributed by atoms with E-state index in [0.29, 0.717) is 6.54 Å².